The van der Waals surface area contributed by atoms with Crippen molar-refractivity contribution >= 4 is 27.3 Å². The highest BCUT2D eigenvalue weighted by atomic mass is 79.9. The first-order valence-electron chi connectivity index (χ1n) is 5.64. The third-order valence-corrected chi connectivity index (χ3v) is 3.99. The van der Waals surface area contributed by atoms with Crippen molar-refractivity contribution in [2.75, 3.05) is 5.32 Å². The Morgan fingerprint density at radius 1 is 1.00 bits per heavy atom. The van der Waals surface area contributed by atoms with Gasteiger partial charge in [0.1, 0.15) is 0 Å². The number of nitriles is 1. The number of rotatable bonds is 2. The van der Waals surface area contributed by atoms with E-state index in [1.165, 1.54) is 11.1 Å². The molecule has 2 rings (SSSR count). The van der Waals surface area contributed by atoms with E-state index < -0.39 is 0 Å². The first-order valence-corrected chi connectivity index (χ1v) is 6.43. The molecule has 0 heterocycles. The number of nitrogens with zero attached hydrogens (tertiary/aromatic N) is 1. The lowest BCUT2D eigenvalue weighted by Gasteiger charge is -2.10. The number of benzene rings is 2. The molecule has 0 bridgehead atoms. The van der Waals surface area contributed by atoms with Gasteiger partial charge in [-0.25, -0.2) is 0 Å². The molecule has 0 aliphatic rings. The van der Waals surface area contributed by atoms with Crippen molar-refractivity contribution in [3.63, 3.8) is 0 Å². The van der Waals surface area contributed by atoms with Crippen LogP contribution in [0.25, 0.3) is 0 Å². The van der Waals surface area contributed by atoms with Crippen LogP contribution >= 0.6 is 15.9 Å². The van der Waals surface area contributed by atoms with Crippen LogP contribution in [0.1, 0.15) is 16.7 Å². The molecule has 0 aliphatic heterocycles. The Kier molecular flexibility index (Phi) is 3.69. The van der Waals surface area contributed by atoms with E-state index in [-0.39, 0.29) is 0 Å². The normalized spacial score (nSPS) is 9.89. The van der Waals surface area contributed by atoms with Gasteiger partial charge in [-0.1, -0.05) is 15.9 Å². The maximum absolute atomic E-state index is 8.75. The third-order valence-electron chi connectivity index (χ3n) is 2.74. The van der Waals surface area contributed by atoms with Gasteiger partial charge in [-0.2, -0.15) is 5.26 Å². The number of aryl methyl sites for hydroxylation is 2. The molecule has 2 aromatic carbocycles. The number of anilines is 2. The van der Waals surface area contributed by atoms with Crippen LogP contribution in [-0.2, 0) is 0 Å². The molecule has 0 fully saturated rings. The van der Waals surface area contributed by atoms with Gasteiger partial charge in [-0.05, 0) is 61.4 Å². The second-order valence-corrected chi connectivity index (χ2v) is 5.03. The van der Waals surface area contributed by atoms with E-state index >= 15 is 0 Å². The maximum Gasteiger partial charge on any atom is 0.0991 e. The first kappa shape index (κ1) is 12.7. The van der Waals surface area contributed by atoms with Gasteiger partial charge in [-0.15, -0.1) is 0 Å². The summed E-state index contributed by atoms with van der Waals surface area (Å²) >= 11 is 3.55. The molecule has 0 aliphatic carbocycles. The summed E-state index contributed by atoms with van der Waals surface area (Å²) in [5.74, 6) is 0. The maximum atomic E-state index is 8.75. The summed E-state index contributed by atoms with van der Waals surface area (Å²) in [7, 11) is 0. The monoisotopic (exact) mass is 300 g/mol. The minimum Gasteiger partial charge on any atom is -0.356 e. The molecule has 0 unspecified atom stereocenters. The van der Waals surface area contributed by atoms with Gasteiger partial charge in [0, 0.05) is 15.8 Å². The van der Waals surface area contributed by atoms with Crippen molar-refractivity contribution in [2.24, 2.45) is 0 Å². The highest BCUT2D eigenvalue weighted by molar-refractivity contribution is 9.10. The predicted octanol–water partition coefficient (Wildman–Crippen LogP) is 4.68. The Bertz CT molecular complexity index is 586. The Balaban J connectivity index is 2.26. The topological polar surface area (TPSA) is 35.8 Å². The van der Waals surface area contributed by atoms with Crippen molar-refractivity contribution in [1.82, 2.24) is 0 Å². The van der Waals surface area contributed by atoms with Crippen molar-refractivity contribution in [3.8, 4) is 6.07 Å². The lowest BCUT2D eigenvalue weighted by Crippen LogP contribution is -1.93. The molecule has 90 valence electrons. The zero-order valence-electron chi connectivity index (χ0n) is 10.3. The van der Waals surface area contributed by atoms with Crippen LogP contribution in [0, 0.1) is 25.2 Å². The van der Waals surface area contributed by atoms with Crippen LogP contribution in [0.5, 0.6) is 0 Å². The van der Waals surface area contributed by atoms with Crippen LogP contribution < -0.4 is 5.32 Å². The van der Waals surface area contributed by atoms with E-state index in [9.17, 15) is 0 Å². The van der Waals surface area contributed by atoms with Gasteiger partial charge in [-0.3, -0.25) is 0 Å². The van der Waals surface area contributed by atoms with Gasteiger partial charge in [0.25, 0.3) is 0 Å². The second kappa shape index (κ2) is 5.24. The second-order valence-electron chi connectivity index (χ2n) is 4.24. The molecule has 0 amide bonds. The molecule has 1 N–H and O–H groups in total. The van der Waals surface area contributed by atoms with Crippen molar-refractivity contribution in [3.05, 3.63) is 57.6 Å². The Labute approximate surface area is 115 Å². The van der Waals surface area contributed by atoms with E-state index in [0.717, 1.165) is 15.8 Å². The van der Waals surface area contributed by atoms with Crippen LogP contribution in [-0.4, -0.2) is 0 Å². The molecule has 3 heteroatoms. The number of halogens is 1. The molecule has 2 nitrogen and oxygen atoms in total. The molecule has 0 saturated carbocycles. The fourth-order valence-corrected chi connectivity index (χ4v) is 2.04. The minimum absolute atomic E-state index is 0.670. The van der Waals surface area contributed by atoms with E-state index in [1.54, 1.807) is 12.1 Å². The molecule has 0 saturated heterocycles. The number of hydrogen-bond donors (Lipinski definition) is 1. The van der Waals surface area contributed by atoms with E-state index in [4.69, 9.17) is 5.26 Å². The largest absolute Gasteiger partial charge is 0.356 e. The van der Waals surface area contributed by atoms with Gasteiger partial charge in [0.15, 0.2) is 0 Å². The van der Waals surface area contributed by atoms with E-state index in [2.05, 4.69) is 53.3 Å². The summed E-state index contributed by atoms with van der Waals surface area (Å²) < 4.78 is 1.15. The molecule has 0 aromatic heterocycles. The summed E-state index contributed by atoms with van der Waals surface area (Å²) in [6.45, 7) is 4.14. The molecular weight excluding hydrogens is 288 g/mol. The van der Waals surface area contributed by atoms with Crippen LogP contribution in [0.3, 0.4) is 0 Å². The molecule has 2 aromatic rings. The zero-order valence-corrected chi connectivity index (χ0v) is 11.9. The fraction of sp³-hybridized carbons (Fsp3) is 0.133. The fourth-order valence-electron chi connectivity index (χ4n) is 1.81. The molecule has 0 atom stereocenters. The Hall–Kier alpha value is -1.79. The molecule has 18 heavy (non-hydrogen) atoms. The molecular formula is C15H13BrN2. The van der Waals surface area contributed by atoms with Crippen LogP contribution in [0.15, 0.2) is 40.9 Å². The summed E-state index contributed by atoms with van der Waals surface area (Å²) in [5, 5.41) is 12.1. The van der Waals surface area contributed by atoms with Crippen molar-refractivity contribution in [2.45, 2.75) is 13.8 Å². The third kappa shape index (κ3) is 2.72. The van der Waals surface area contributed by atoms with Gasteiger partial charge in [0.05, 0.1) is 11.6 Å². The zero-order chi connectivity index (χ0) is 13.1. The molecule has 0 radical (unpaired) electrons. The summed E-state index contributed by atoms with van der Waals surface area (Å²) in [5.41, 5.74) is 5.11. The summed E-state index contributed by atoms with van der Waals surface area (Å²) in [6, 6.07) is 13.7. The standard InChI is InChI=1S/C15H13BrN2/c1-10-7-14(8-11(2)15(10)16)18-13-5-3-12(9-17)4-6-13/h3-8,18H,1-2H3. The summed E-state index contributed by atoms with van der Waals surface area (Å²) in [6.07, 6.45) is 0. The molecule has 0 spiro atoms. The quantitative estimate of drug-likeness (QED) is 0.874. The van der Waals surface area contributed by atoms with Crippen molar-refractivity contribution < 1.29 is 0 Å². The van der Waals surface area contributed by atoms with Crippen LogP contribution in [0.4, 0.5) is 11.4 Å². The average Bonchev–Trinajstić information content (AvgIpc) is 2.37. The first-order chi connectivity index (χ1) is 8.60. The Morgan fingerprint density at radius 3 is 2.06 bits per heavy atom. The Morgan fingerprint density at radius 2 is 1.56 bits per heavy atom. The lowest BCUT2D eigenvalue weighted by atomic mass is 10.1. The van der Waals surface area contributed by atoms with Gasteiger partial charge >= 0.3 is 0 Å². The van der Waals surface area contributed by atoms with Gasteiger partial charge in [0.2, 0.25) is 0 Å². The number of nitrogens with one attached hydrogen (secondary N) is 1. The minimum atomic E-state index is 0.670. The van der Waals surface area contributed by atoms with E-state index in [1.807, 2.05) is 12.1 Å². The van der Waals surface area contributed by atoms with Gasteiger partial charge < -0.3 is 5.32 Å². The highest BCUT2D eigenvalue weighted by Crippen LogP contribution is 2.27. The SMILES string of the molecule is Cc1cc(Nc2ccc(C#N)cc2)cc(C)c1Br. The smallest absolute Gasteiger partial charge is 0.0991 e. The van der Waals surface area contributed by atoms with Crippen molar-refractivity contribution in [1.29, 1.82) is 5.26 Å². The number of hydrogen-bond acceptors (Lipinski definition) is 2. The lowest BCUT2D eigenvalue weighted by molar-refractivity contribution is 1.33. The average molecular weight is 301 g/mol. The van der Waals surface area contributed by atoms with Crippen LogP contribution in [0.2, 0.25) is 0 Å². The van der Waals surface area contributed by atoms with E-state index in [0.29, 0.717) is 5.56 Å². The predicted molar refractivity (Wildman–Crippen MR) is 78.1 cm³/mol. The summed E-state index contributed by atoms with van der Waals surface area (Å²) in [4.78, 5) is 0. The highest BCUT2D eigenvalue weighted by Gasteiger charge is 2.02.